The number of hydrogen-bond acceptors (Lipinski definition) is 10. The molecule has 34 heavy (non-hydrogen) atoms. The number of nitrogens with zero attached hydrogens (tertiary/aromatic N) is 1. The zero-order chi connectivity index (χ0) is 24.7. The van der Waals surface area contributed by atoms with Gasteiger partial charge in [0.1, 0.15) is 23.5 Å². The lowest BCUT2D eigenvalue weighted by Gasteiger charge is -2.30. The summed E-state index contributed by atoms with van der Waals surface area (Å²) < 4.78 is 21.6. The van der Waals surface area contributed by atoms with Crippen LogP contribution < -0.4 is 11.1 Å². The van der Waals surface area contributed by atoms with Crippen LogP contribution in [-0.4, -0.2) is 36.5 Å². The van der Waals surface area contributed by atoms with Gasteiger partial charge >= 0.3 is 12.3 Å². The molecule has 0 amide bonds. The van der Waals surface area contributed by atoms with E-state index in [1.54, 1.807) is 19.9 Å². The maximum absolute atomic E-state index is 12.6. The lowest BCUT2D eigenvalue weighted by Crippen LogP contribution is -2.30. The highest BCUT2D eigenvalue weighted by molar-refractivity contribution is 5.65. The topological polar surface area (TPSA) is 152 Å². The fourth-order valence-electron chi connectivity index (χ4n) is 3.96. The van der Waals surface area contributed by atoms with Crippen LogP contribution in [0.3, 0.4) is 0 Å². The molecular weight excluding hydrogens is 446 g/mol. The molecule has 1 unspecified atom stereocenters. The lowest BCUT2D eigenvalue weighted by atomic mass is 9.90. The van der Waals surface area contributed by atoms with Gasteiger partial charge in [-0.05, 0) is 58.1 Å². The monoisotopic (exact) mass is 475 g/mol. The zero-order valence-corrected chi connectivity index (χ0v) is 19.2. The predicted octanol–water partition coefficient (Wildman–Crippen LogP) is 4.34. The van der Waals surface area contributed by atoms with E-state index in [1.807, 2.05) is 0 Å². The van der Waals surface area contributed by atoms with Crippen molar-refractivity contribution < 1.29 is 33.5 Å². The van der Waals surface area contributed by atoms with Crippen molar-refractivity contribution in [3.8, 4) is 0 Å². The minimum atomic E-state index is -0.965. The third-order valence-electron chi connectivity index (χ3n) is 5.57. The molecule has 0 bridgehead atoms. The number of carbonyl (C=O) groups is 2. The van der Waals surface area contributed by atoms with Crippen LogP contribution in [0.25, 0.3) is 0 Å². The highest BCUT2D eigenvalue weighted by Gasteiger charge is 2.36. The number of non-ortho nitro benzene ring substituents is 1. The number of ether oxygens (including phenoxy) is 4. The second-order valence-corrected chi connectivity index (χ2v) is 8.11. The number of nitrogens with one attached hydrogen (secondary N) is 1. The highest BCUT2D eigenvalue weighted by atomic mass is 16.7. The van der Waals surface area contributed by atoms with E-state index < -0.39 is 23.2 Å². The van der Waals surface area contributed by atoms with Crippen molar-refractivity contribution in [1.82, 2.24) is 5.32 Å². The van der Waals surface area contributed by atoms with Crippen LogP contribution in [0.5, 0.6) is 0 Å². The normalized spacial score (nSPS) is 18.4. The first-order chi connectivity index (χ1) is 16.3. The molecule has 0 spiro atoms. The van der Waals surface area contributed by atoms with Crippen molar-refractivity contribution in [2.75, 3.05) is 13.2 Å². The van der Waals surface area contributed by atoms with Crippen molar-refractivity contribution in [2.24, 2.45) is 5.73 Å². The Morgan fingerprint density at radius 3 is 2.38 bits per heavy atom. The predicted molar refractivity (Wildman–Crippen MR) is 120 cm³/mol. The quantitative estimate of drug-likeness (QED) is 0.240. The zero-order valence-electron chi connectivity index (χ0n) is 19.2. The number of nitro benzene ring substituents is 1. The van der Waals surface area contributed by atoms with Crippen LogP contribution >= 0.6 is 0 Å². The molecule has 1 atom stereocenters. The molecule has 1 aromatic carbocycles. The van der Waals surface area contributed by atoms with Gasteiger partial charge in [0.2, 0.25) is 0 Å². The third-order valence-corrected chi connectivity index (χ3v) is 5.57. The minimum Gasteiger partial charge on any atom is -0.434 e. The fourth-order valence-corrected chi connectivity index (χ4v) is 3.96. The van der Waals surface area contributed by atoms with Gasteiger partial charge in [0.15, 0.2) is 0 Å². The van der Waals surface area contributed by atoms with Crippen molar-refractivity contribution in [2.45, 2.75) is 58.0 Å². The molecule has 1 aromatic rings. The third kappa shape index (κ3) is 6.25. The Morgan fingerprint density at radius 2 is 1.76 bits per heavy atom. The van der Waals surface area contributed by atoms with Gasteiger partial charge in [0.25, 0.3) is 5.69 Å². The maximum atomic E-state index is 12.6. The Kier molecular flexibility index (Phi) is 8.47. The summed E-state index contributed by atoms with van der Waals surface area (Å²) in [7, 11) is 0. The molecule has 1 saturated carbocycles. The molecule has 0 saturated heterocycles. The number of carbonyl (C=O) groups excluding carboxylic acids is 2. The number of benzene rings is 1. The van der Waals surface area contributed by atoms with Crippen molar-refractivity contribution in [1.29, 1.82) is 0 Å². The van der Waals surface area contributed by atoms with Gasteiger partial charge in [-0.25, -0.2) is 9.59 Å². The Balaban J connectivity index is 1.92. The number of dihydropyridines is 1. The molecule has 3 N–H and O–H groups in total. The van der Waals surface area contributed by atoms with Crippen LogP contribution in [-0.2, 0) is 18.9 Å². The number of rotatable bonds is 8. The molecule has 0 aromatic heterocycles. The van der Waals surface area contributed by atoms with Gasteiger partial charge in [-0.1, -0.05) is 12.1 Å². The standard InChI is InChI=1S/C23H29N3O8/c1-14-20(33-22(27)31-12-6-11-24)19(16-7-5-8-17(13-16)26(29)30)21(15(2)25-14)34-23(28)32-18-9-3-4-10-18/h5,7-8,13,18-19,25H,3-4,6,9-12,24H2,1-2H3. The summed E-state index contributed by atoms with van der Waals surface area (Å²) >= 11 is 0. The fraction of sp³-hybridized carbons (Fsp3) is 0.478. The molecule has 1 aliphatic carbocycles. The van der Waals surface area contributed by atoms with Crippen LogP contribution in [0.1, 0.15) is 57.4 Å². The van der Waals surface area contributed by atoms with Gasteiger partial charge < -0.3 is 30.0 Å². The molecule has 11 heteroatoms. The first-order valence-electron chi connectivity index (χ1n) is 11.2. The second-order valence-electron chi connectivity index (χ2n) is 8.11. The van der Waals surface area contributed by atoms with Crippen molar-refractivity contribution >= 4 is 18.0 Å². The van der Waals surface area contributed by atoms with E-state index in [-0.39, 0.29) is 29.9 Å². The Labute approximate surface area is 197 Å². The van der Waals surface area contributed by atoms with E-state index in [1.165, 1.54) is 18.2 Å². The molecular formula is C23H29N3O8. The summed E-state index contributed by atoms with van der Waals surface area (Å²) in [5, 5.41) is 14.4. The van der Waals surface area contributed by atoms with Gasteiger partial charge in [-0.15, -0.1) is 0 Å². The molecule has 2 aliphatic rings. The Bertz CT molecular complexity index is 998. The first kappa shape index (κ1) is 25.0. The maximum Gasteiger partial charge on any atom is 0.513 e. The number of allylic oxidation sites excluding steroid dienone is 2. The Hall–Kier alpha value is -3.60. The van der Waals surface area contributed by atoms with E-state index >= 15 is 0 Å². The summed E-state index contributed by atoms with van der Waals surface area (Å²) in [5.41, 5.74) is 6.58. The summed E-state index contributed by atoms with van der Waals surface area (Å²) in [6.07, 6.45) is 1.87. The minimum absolute atomic E-state index is 0.0719. The second kappa shape index (κ2) is 11.5. The SMILES string of the molecule is CC1=C(OC(=O)OCCCN)C(c2cccc([N+](=O)[O-])c2)C(OC(=O)OC2CCCC2)=C(C)N1. The van der Waals surface area contributed by atoms with E-state index in [4.69, 9.17) is 24.7 Å². The summed E-state index contributed by atoms with van der Waals surface area (Å²) in [5.74, 6) is -0.731. The van der Waals surface area contributed by atoms with E-state index in [2.05, 4.69) is 5.32 Å². The van der Waals surface area contributed by atoms with Crippen LogP contribution in [0, 0.1) is 10.1 Å². The van der Waals surface area contributed by atoms with Crippen LogP contribution in [0.15, 0.2) is 47.2 Å². The number of nitro groups is 1. The number of hydrogen-bond donors (Lipinski definition) is 2. The van der Waals surface area contributed by atoms with Gasteiger partial charge in [-0.3, -0.25) is 10.1 Å². The smallest absolute Gasteiger partial charge is 0.434 e. The van der Waals surface area contributed by atoms with Crippen molar-refractivity contribution in [3.63, 3.8) is 0 Å². The summed E-state index contributed by atoms with van der Waals surface area (Å²) in [6.45, 7) is 3.77. The summed E-state index contributed by atoms with van der Waals surface area (Å²) in [6, 6.07) is 5.81. The molecule has 0 radical (unpaired) electrons. The van der Waals surface area contributed by atoms with Crippen LogP contribution in [0.4, 0.5) is 15.3 Å². The van der Waals surface area contributed by atoms with E-state index in [9.17, 15) is 19.7 Å². The molecule has 3 rings (SSSR count). The van der Waals surface area contributed by atoms with Gasteiger partial charge in [0.05, 0.1) is 22.9 Å². The molecule has 1 heterocycles. The molecule has 1 aliphatic heterocycles. The average Bonchev–Trinajstić information content (AvgIpc) is 3.30. The van der Waals surface area contributed by atoms with Crippen molar-refractivity contribution in [3.05, 3.63) is 62.9 Å². The van der Waals surface area contributed by atoms with E-state index in [0.29, 0.717) is 29.9 Å². The Morgan fingerprint density at radius 1 is 1.12 bits per heavy atom. The van der Waals surface area contributed by atoms with E-state index in [0.717, 1.165) is 25.7 Å². The molecule has 11 nitrogen and oxygen atoms in total. The molecule has 1 fully saturated rings. The largest absolute Gasteiger partial charge is 0.513 e. The highest BCUT2D eigenvalue weighted by Crippen LogP contribution is 2.40. The van der Waals surface area contributed by atoms with Crippen LogP contribution in [0.2, 0.25) is 0 Å². The molecule has 184 valence electrons. The average molecular weight is 475 g/mol. The summed E-state index contributed by atoms with van der Waals surface area (Å²) in [4.78, 5) is 35.7. The first-order valence-corrected chi connectivity index (χ1v) is 11.2. The lowest BCUT2D eigenvalue weighted by molar-refractivity contribution is -0.384. The number of nitrogens with two attached hydrogens (primary N) is 1. The van der Waals surface area contributed by atoms with Gasteiger partial charge in [-0.2, -0.15) is 0 Å². The van der Waals surface area contributed by atoms with Gasteiger partial charge in [0, 0.05) is 12.1 Å².